The maximum absolute atomic E-state index is 13.3. The smallest absolute Gasteiger partial charge is 0.198 e. The lowest BCUT2D eigenvalue weighted by Gasteiger charge is -2.17. The summed E-state index contributed by atoms with van der Waals surface area (Å²) in [7, 11) is 4.63. The molecule has 0 spiro atoms. The first-order valence-corrected chi connectivity index (χ1v) is 9.45. The van der Waals surface area contributed by atoms with E-state index in [4.69, 9.17) is 23.7 Å². The molecule has 0 unspecified atom stereocenters. The number of carbonyl (C=O) groups excluding carboxylic acids is 1. The number of hydrogen-bond donors (Lipinski definition) is 0. The van der Waals surface area contributed by atoms with Crippen LogP contribution >= 0.6 is 0 Å². The van der Waals surface area contributed by atoms with Gasteiger partial charge in [-0.3, -0.25) is 4.79 Å². The van der Waals surface area contributed by atoms with Crippen molar-refractivity contribution in [1.82, 2.24) is 0 Å². The molecule has 0 saturated carbocycles. The highest BCUT2D eigenvalue weighted by atomic mass is 16.7. The molecule has 0 N–H and O–H groups in total. The van der Waals surface area contributed by atoms with Gasteiger partial charge in [0.25, 0.3) is 0 Å². The van der Waals surface area contributed by atoms with Gasteiger partial charge in [0.2, 0.25) is 0 Å². The van der Waals surface area contributed by atoms with Crippen molar-refractivity contribution in [2.24, 2.45) is 0 Å². The van der Waals surface area contributed by atoms with Crippen LogP contribution in [0.5, 0.6) is 23.0 Å². The van der Waals surface area contributed by atoms with Crippen LogP contribution in [-0.4, -0.2) is 33.9 Å². The molecular formula is C24H22O6. The second-order valence-electron chi connectivity index (χ2n) is 6.69. The van der Waals surface area contributed by atoms with E-state index in [1.54, 1.807) is 32.4 Å². The molecule has 0 atom stereocenters. The SMILES string of the molecule is COCOc1c(OC)ccc2c1-c1c(OCc3ccccc3)ccc(OC)c1C2=O. The number of rotatable bonds is 8. The van der Waals surface area contributed by atoms with E-state index in [9.17, 15) is 4.79 Å². The van der Waals surface area contributed by atoms with Gasteiger partial charge in [0.15, 0.2) is 24.1 Å². The zero-order valence-corrected chi connectivity index (χ0v) is 17.1. The number of hydrogen-bond acceptors (Lipinski definition) is 6. The number of carbonyl (C=O) groups is 1. The molecule has 154 valence electrons. The van der Waals surface area contributed by atoms with Gasteiger partial charge in [-0.15, -0.1) is 0 Å². The van der Waals surface area contributed by atoms with E-state index < -0.39 is 0 Å². The topological polar surface area (TPSA) is 63.2 Å². The van der Waals surface area contributed by atoms with Crippen molar-refractivity contribution in [3.8, 4) is 34.1 Å². The van der Waals surface area contributed by atoms with Crippen molar-refractivity contribution >= 4 is 5.78 Å². The van der Waals surface area contributed by atoms with Gasteiger partial charge in [-0.25, -0.2) is 0 Å². The van der Waals surface area contributed by atoms with Crippen molar-refractivity contribution in [2.45, 2.75) is 6.61 Å². The quantitative estimate of drug-likeness (QED) is 0.402. The fourth-order valence-electron chi connectivity index (χ4n) is 3.62. The fraction of sp³-hybridized carbons (Fsp3) is 0.208. The average Bonchev–Trinajstić information content (AvgIpc) is 3.10. The standard InChI is InChI=1S/C24H22O6/c1-26-14-30-24-19(28-3)10-9-16-20(24)21-18(29-13-15-7-5-4-6-8-15)12-11-17(27-2)22(21)23(16)25/h4-12H,13-14H2,1-3H3. The molecule has 1 aliphatic carbocycles. The molecular weight excluding hydrogens is 384 g/mol. The summed E-state index contributed by atoms with van der Waals surface area (Å²) < 4.78 is 28.0. The summed E-state index contributed by atoms with van der Waals surface area (Å²) in [5, 5.41) is 0. The van der Waals surface area contributed by atoms with Crippen LogP contribution < -0.4 is 18.9 Å². The van der Waals surface area contributed by atoms with Gasteiger partial charge in [-0.1, -0.05) is 30.3 Å². The zero-order chi connectivity index (χ0) is 21.1. The average molecular weight is 406 g/mol. The number of benzene rings is 3. The van der Waals surface area contributed by atoms with Crippen LogP contribution in [0.25, 0.3) is 11.1 Å². The highest BCUT2D eigenvalue weighted by molar-refractivity contribution is 6.25. The van der Waals surface area contributed by atoms with Gasteiger partial charge in [0, 0.05) is 23.8 Å². The van der Waals surface area contributed by atoms with Gasteiger partial charge >= 0.3 is 0 Å². The number of fused-ring (bicyclic) bond motifs is 3. The lowest BCUT2D eigenvalue weighted by atomic mass is 10.0. The Bertz CT molecular complexity index is 1070. The highest BCUT2D eigenvalue weighted by Crippen LogP contribution is 2.53. The third-order valence-corrected chi connectivity index (χ3v) is 4.97. The summed E-state index contributed by atoms with van der Waals surface area (Å²) in [6, 6.07) is 16.8. The van der Waals surface area contributed by atoms with E-state index >= 15 is 0 Å². The molecule has 0 heterocycles. The van der Waals surface area contributed by atoms with Crippen molar-refractivity contribution in [3.63, 3.8) is 0 Å². The van der Waals surface area contributed by atoms with Crippen molar-refractivity contribution in [3.05, 3.63) is 71.3 Å². The summed E-state index contributed by atoms with van der Waals surface area (Å²) in [5.41, 5.74) is 3.23. The van der Waals surface area contributed by atoms with E-state index in [-0.39, 0.29) is 12.6 Å². The molecule has 0 saturated heterocycles. The molecule has 6 heteroatoms. The largest absolute Gasteiger partial charge is 0.496 e. The van der Waals surface area contributed by atoms with Crippen molar-refractivity contribution in [2.75, 3.05) is 28.1 Å². The number of ether oxygens (including phenoxy) is 5. The number of methoxy groups -OCH3 is 3. The van der Waals surface area contributed by atoms with Crippen LogP contribution in [0.4, 0.5) is 0 Å². The van der Waals surface area contributed by atoms with Gasteiger partial charge in [0.1, 0.15) is 18.1 Å². The monoisotopic (exact) mass is 406 g/mol. The van der Waals surface area contributed by atoms with Gasteiger partial charge < -0.3 is 23.7 Å². The molecule has 3 aromatic carbocycles. The maximum Gasteiger partial charge on any atom is 0.198 e. The lowest BCUT2D eigenvalue weighted by molar-refractivity contribution is 0.0495. The maximum atomic E-state index is 13.3. The van der Waals surface area contributed by atoms with Crippen LogP contribution in [0.3, 0.4) is 0 Å². The van der Waals surface area contributed by atoms with Crippen LogP contribution in [0.1, 0.15) is 21.5 Å². The first kappa shape index (κ1) is 19.8. The predicted molar refractivity (Wildman–Crippen MR) is 112 cm³/mol. The Hall–Kier alpha value is -3.51. The van der Waals surface area contributed by atoms with E-state index in [2.05, 4.69) is 0 Å². The Morgan fingerprint density at radius 2 is 1.40 bits per heavy atom. The third-order valence-electron chi connectivity index (χ3n) is 4.97. The molecule has 0 amide bonds. The van der Waals surface area contributed by atoms with Crippen LogP contribution in [0.15, 0.2) is 54.6 Å². The summed E-state index contributed by atoms with van der Waals surface area (Å²) in [5.74, 6) is 1.84. The third kappa shape index (κ3) is 3.35. The van der Waals surface area contributed by atoms with Crippen LogP contribution in [0, 0.1) is 0 Å². The molecule has 1 aliphatic rings. The minimum Gasteiger partial charge on any atom is -0.496 e. The predicted octanol–water partition coefficient (Wildman–Crippen LogP) is 4.48. The summed E-state index contributed by atoms with van der Waals surface area (Å²) in [6.07, 6.45) is 0. The molecule has 3 aromatic rings. The van der Waals surface area contributed by atoms with Gasteiger partial charge in [0.05, 0.1) is 19.8 Å². The van der Waals surface area contributed by atoms with Crippen LogP contribution in [-0.2, 0) is 11.3 Å². The molecule has 4 rings (SSSR count). The molecule has 0 bridgehead atoms. The summed E-state index contributed by atoms with van der Waals surface area (Å²) in [4.78, 5) is 13.3. The molecule has 0 aliphatic heterocycles. The number of ketones is 1. The Kier molecular flexibility index (Phi) is 5.59. The summed E-state index contributed by atoms with van der Waals surface area (Å²) >= 11 is 0. The van der Waals surface area contributed by atoms with E-state index in [0.717, 1.165) is 5.56 Å². The molecule has 0 radical (unpaired) electrons. The second kappa shape index (κ2) is 8.47. The van der Waals surface area contributed by atoms with Gasteiger partial charge in [-0.05, 0) is 29.8 Å². The minimum absolute atomic E-state index is 0.0144. The van der Waals surface area contributed by atoms with Crippen LogP contribution in [0.2, 0.25) is 0 Å². The Morgan fingerprint density at radius 3 is 2.10 bits per heavy atom. The minimum atomic E-state index is -0.146. The second-order valence-corrected chi connectivity index (χ2v) is 6.69. The molecule has 30 heavy (non-hydrogen) atoms. The molecule has 6 nitrogen and oxygen atoms in total. The molecule has 0 aromatic heterocycles. The van der Waals surface area contributed by atoms with Crippen molar-refractivity contribution < 1.29 is 28.5 Å². The van der Waals surface area contributed by atoms with E-state index in [1.807, 2.05) is 36.4 Å². The fourth-order valence-corrected chi connectivity index (χ4v) is 3.62. The highest BCUT2D eigenvalue weighted by Gasteiger charge is 2.37. The Balaban J connectivity index is 1.87. The molecule has 0 fully saturated rings. The first-order valence-electron chi connectivity index (χ1n) is 9.45. The first-order chi connectivity index (χ1) is 14.7. The normalized spacial score (nSPS) is 11.6. The van der Waals surface area contributed by atoms with E-state index in [0.29, 0.717) is 51.9 Å². The van der Waals surface area contributed by atoms with Crippen molar-refractivity contribution in [1.29, 1.82) is 0 Å². The van der Waals surface area contributed by atoms with E-state index in [1.165, 1.54) is 7.11 Å². The lowest BCUT2D eigenvalue weighted by Crippen LogP contribution is -2.03. The Labute approximate surface area is 174 Å². The van der Waals surface area contributed by atoms with Gasteiger partial charge in [-0.2, -0.15) is 0 Å². The zero-order valence-electron chi connectivity index (χ0n) is 17.1. The Morgan fingerprint density at radius 1 is 0.700 bits per heavy atom. The summed E-state index contributed by atoms with van der Waals surface area (Å²) in [6.45, 7) is 0.377.